The van der Waals surface area contributed by atoms with Crippen LogP contribution in [0.1, 0.15) is 24.8 Å². The summed E-state index contributed by atoms with van der Waals surface area (Å²) in [6, 6.07) is 6.22. The molecule has 0 unspecified atom stereocenters. The van der Waals surface area contributed by atoms with Crippen molar-refractivity contribution in [2.24, 2.45) is 14.1 Å². The molecule has 0 bridgehead atoms. The van der Waals surface area contributed by atoms with Crippen LogP contribution < -0.4 is 11.2 Å². The van der Waals surface area contributed by atoms with Crippen molar-refractivity contribution in [1.29, 1.82) is 0 Å². The zero-order chi connectivity index (χ0) is 21.3. The average molecular weight is 432 g/mol. The number of rotatable bonds is 6. The molecule has 0 radical (unpaired) electrons. The quantitative estimate of drug-likeness (QED) is 0.560. The van der Waals surface area contributed by atoms with E-state index in [1.54, 1.807) is 30.9 Å². The van der Waals surface area contributed by atoms with E-state index >= 15 is 0 Å². The molecule has 0 saturated carbocycles. The number of hydrogen-bond acceptors (Lipinski definition) is 5. The number of piperidine rings is 1. The number of likely N-dealkylation sites (tertiary alicyclic amines) is 1. The van der Waals surface area contributed by atoms with E-state index in [0.29, 0.717) is 22.9 Å². The first-order valence-corrected chi connectivity index (χ1v) is 11.2. The zero-order valence-electron chi connectivity index (χ0n) is 17.3. The first kappa shape index (κ1) is 20.9. The van der Waals surface area contributed by atoms with Gasteiger partial charge in [-0.05, 0) is 43.6 Å². The second kappa shape index (κ2) is 8.77. The summed E-state index contributed by atoms with van der Waals surface area (Å²) in [6.07, 6.45) is 3.78. The smallest absolute Gasteiger partial charge is 0.309 e. The molecule has 1 aromatic carbocycles. The van der Waals surface area contributed by atoms with Crippen molar-refractivity contribution in [3.8, 4) is 0 Å². The highest BCUT2D eigenvalue weighted by Crippen LogP contribution is 2.23. The number of halogens is 1. The number of thioether (sulfide) groups is 1. The minimum Gasteiger partial charge on any atom is -0.309 e. The van der Waals surface area contributed by atoms with Gasteiger partial charge in [0.2, 0.25) is 0 Å². The number of fused-ring (bicyclic) bond motifs is 1. The molecule has 1 fully saturated rings. The number of imidazole rings is 1. The molecule has 1 aliphatic rings. The van der Waals surface area contributed by atoms with Crippen molar-refractivity contribution in [1.82, 2.24) is 23.6 Å². The third-order valence-corrected chi connectivity index (χ3v) is 6.61. The Balaban J connectivity index is 1.70. The lowest BCUT2D eigenvalue weighted by Gasteiger charge is -2.25. The fourth-order valence-electron chi connectivity index (χ4n) is 3.90. The SMILES string of the molecule is Cn1c(=O)c2c(nc(SCCN3CCCCC3)n2Cc2ccc(F)cc2)n(C)c1=O. The Bertz CT molecular complexity index is 1160. The van der Waals surface area contributed by atoms with Gasteiger partial charge in [-0.25, -0.2) is 14.2 Å². The summed E-state index contributed by atoms with van der Waals surface area (Å²) >= 11 is 1.59. The summed E-state index contributed by atoms with van der Waals surface area (Å²) in [6.45, 7) is 3.60. The molecule has 3 aromatic rings. The summed E-state index contributed by atoms with van der Waals surface area (Å²) in [7, 11) is 3.10. The highest BCUT2D eigenvalue weighted by Gasteiger charge is 2.20. The summed E-state index contributed by atoms with van der Waals surface area (Å²) in [5.74, 6) is 0.546. The highest BCUT2D eigenvalue weighted by atomic mass is 32.2. The molecule has 0 N–H and O–H groups in total. The lowest BCUT2D eigenvalue weighted by Crippen LogP contribution is -2.37. The van der Waals surface area contributed by atoms with Crippen LogP contribution in [0, 0.1) is 5.82 Å². The fourth-order valence-corrected chi connectivity index (χ4v) is 4.90. The molecule has 30 heavy (non-hydrogen) atoms. The van der Waals surface area contributed by atoms with Crippen molar-refractivity contribution in [2.45, 2.75) is 31.0 Å². The van der Waals surface area contributed by atoms with Crippen LogP contribution in [0.25, 0.3) is 11.2 Å². The van der Waals surface area contributed by atoms with Gasteiger partial charge in [-0.15, -0.1) is 0 Å². The molecule has 4 rings (SSSR count). The van der Waals surface area contributed by atoms with E-state index in [-0.39, 0.29) is 11.4 Å². The van der Waals surface area contributed by atoms with Crippen molar-refractivity contribution < 1.29 is 4.39 Å². The van der Waals surface area contributed by atoms with E-state index in [2.05, 4.69) is 9.88 Å². The van der Waals surface area contributed by atoms with Gasteiger partial charge in [0.1, 0.15) is 5.82 Å². The van der Waals surface area contributed by atoms with E-state index in [0.717, 1.165) is 35.5 Å². The van der Waals surface area contributed by atoms with E-state index in [4.69, 9.17) is 0 Å². The first-order valence-electron chi connectivity index (χ1n) is 10.2. The minimum absolute atomic E-state index is 0.302. The Morgan fingerprint density at radius 2 is 1.73 bits per heavy atom. The number of nitrogens with zero attached hydrogens (tertiary/aromatic N) is 5. The summed E-state index contributed by atoms with van der Waals surface area (Å²) in [5.41, 5.74) is 0.869. The third-order valence-electron chi connectivity index (χ3n) is 5.65. The van der Waals surface area contributed by atoms with Crippen molar-refractivity contribution in [2.75, 3.05) is 25.4 Å². The molecule has 3 heterocycles. The lowest BCUT2D eigenvalue weighted by atomic mass is 10.1. The molecule has 0 amide bonds. The third kappa shape index (κ3) is 4.09. The van der Waals surface area contributed by atoms with E-state index in [1.807, 2.05) is 4.57 Å². The summed E-state index contributed by atoms with van der Waals surface area (Å²) in [5, 5.41) is 0.699. The zero-order valence-corrected chi connectivity index (χ0v) is 18.1. The van der Waals surface area contributed by atoms with Crippen molar-refractivity contribution in [3.05, 3.63) is 56.5 Å². The summed E-state index contributed by atoms with van der Waals surface area (Å²) in [4.78, 5) is 32.4. The molecule has 160 valence electrons. The maximum atomic E-state index is 13.3. The molecule has 0 spiro atoms. The van der Waals surface area contributed by atoms with Gasteiger partial charge >= 0.3 is 5.69 Å². The molecule has 0 atom stereocenters. The predicted molar refractivity (Wildman–Crippen MR) is 117 cm³/mol. The van der Waals surface area contributed by atoms with Gasteiger partial charge in [0.15, 0.2) is 16.3 Å². The van der Waals surface area contributed by atoms with Crippen LogP contribution in [-0.4, -0.2) is 49.0 Å². The number of aromatic nitrogens is 4. The van der Waals surface area contributed by atoms with Crippen LogP contribution in [0.2, 0.25) is 0 Å². The average Bonchev–Trinajstić information content (AvgIpc) is 3.11. The van der Waals surface area contributed by atoms with Gasteiger partial charge < -0.3 is 9.47 Å². The van der Waals surface area contributed by atoms with Gasteiger partial charge in [0, 0.05) is 26.4 Å². The molecule has 1 saturated heterocycles. The molecule has 9 heteroatoms. The second-order valence-electron chi connectivity index (χ2n) is 7.74. The maximum absolute atomic E-state index is 13.3. The van der Waals surface area contributed by atoms with Gasteiger partial charge in [0.25, 0.3) is 5.56 Å². The van der Waals surface area contributed by atoms with Gasteiger partial charge in [-0.1, -0.05) is 30.3 Å². The van der Waals surface area contributed by atoms with Crippen LogP contribution in [-0.2, 0) is 20.6 Å². The van der Waals surface area contributed by atoms with Crippen molar-refractivity contribution >= 4 is 22.9 Å². The van der Waals surface area contributed by atoms with Crippen molar-refractivity contribution in [3.63, 3.8) is 0 Å². The normalized spacial score (nSPS) is 15.2. The Morgan fingerprint density at radius 1 is 1.03 bits per heavy atom. The van der Waals surface area contributed by atoms with Crippen LogP contribution in [0.4, 0.5) is 4.39 Å². The molecular formula is C21H26FN5O2S. The molecule has 1 aliphatic heterocycles. The number of hydrogen-bond donors (Lipinski definition) is 0. The first-order chi connectivity index (χ1) is 14.5. The Kier molecular flexibility index (Phi) is 6.10. The number of benzene rings is 1. The molecule has 7 nitrogen and oxygen atoms in total. The van der Waals surface area contributed by atoms with E-state index in [9.17, 15) is 14.0 Å². The van der Waals surface area contributed by atoms with Crippen LogP contribution in [0.5, 0.6) is 0 Å². The van der Waals surface area contributed by atoms with Crippen LogP contribution >= 0.6 is 11.8 Å². The second-order valence-corrected chi connectivity index (χ2v) is 8.80. The van der Waals surface area contributed by atoms with Gasteiger partial charge in [-0.2, -0.15) is 0 Å². The summed E-state index contributed by atoms with van der Waals surface area (Å²) < 4.78 is 17.7. The van der Waals surface area contributed by atoms with E-state index in [1.165, 1.54) is 43.0 Å². The lowest BCUT2D eigenvalue weighted by molar-refractivity contribution is 0.242. The Hall–Kier alpha value is -2.39. The van der Waals surface area contributed by atoms with Gasteiger partial charge in [0.05, 0.1) is 6.54 Å². The molecule has 2 aromatic heterocycles. The standard InChI is InChI=1S/C21H26FN5O2S/c1-24-18-17(19(28)25(2)21(24)29)27(14-15-6-8-16(22)9-7-15)20(23-18)30-13-12-26-10-4-3-5-11-26/h6-9H,3-5,10-14H2,1-2H3. The molecule has 0 aliphatic carbocycles. The van der Waals surface area contributed by atoms with Crippen LogP contribution in [0.3, 0.4) is 0 Å². The van der Waals surface area contributed by atoms with Crippen LogP contribution in [0.15, 0.2) is 39.0 Å². The fraction of sp³-hybridized carbons (Fsp3) is 0.476. The minimum atomic E-state index is -0.399. The van der Waals surface area contributed by atoms with E-state index < -0.39 is 5.69 Å². The van der Waals surface area contributed by atoms with Gasteiger partial charge in [-0.3, -0.25) is 13.9 Å². The predicted octanol–water partition coefficient (Wildman–Crippen LogP) is 2.20. The molecular weight excluding hydrogens is 405 g/mol. The highest BCUT2D eigenvalue weighted by molar-refractivity contribution is 7.99. The number of aryl methyl sites for hydroxylation is 1. The Labute approximate surface area is 178 Å². The maximum Gasteiger partial charge on any atom is 0.332 e. The Morgan fingerprint density at radius 3 is 2.43 bits per heavy atom. The topological polar surface area (TPSA) is 65.1 Å². The monoisotopic (exact) mass is 431 g/mol. The largest absolute Gasteiger partial charge is 0.332 e.